The van der Waals surface area contributed by atoms with Crippen molar-refractivity contribution in [3.05, 3.63) is 119 Å². The van der Waals surface area contributed by atoms with Crippen LogP contribution in [0, 0.1) is 0 Å². The minimum Gasteiger partial charge on any atom is -0.493 e. The third-order valence-electron chi connectivity index (χ3n) is 5.87. The van der Waals surface area contributed by atoms with Gasteiger partial charge in [0.05, 0.1) is 14.2 Å². The standard InChI is InChI=1S/C30H30O5/c1-32-27-16-14-25(19-30(27)35-21-23-11-7-4-8-12-23)26(31)15-13-24-17-28(33-2)29(18-24)34-20-22-9-5-3-6-10-22/h3-12,14,16-17,19H,13,15,18,20-21H2,1-2H3. The lowest BCUT2D eigenvalue weighted by Crippen LogP contribution is -2.03. The number of carbonyl (C=O) groups is 1. The molecule has 0 radical (unpaired) electrons. The molecule has 0 atom stereocenters. The molecule has 0 bridgehead atoms. The van der Waals surface area contributed by atoms with Gasteiger partial charge in [-0.15, -0.1) is 0 Å². The quantitative estimate of drug-likeness (QED) is 0.278. The molecule has 0 saturated carbocycles. The maximum atomic E-state index is 13.0. The molecule has 0 aromatic heterocycles. The molecule has 0 amide bonds. The molecule has 0 saturated heterocycles. The highest BCUT2D eigenvalue weighted by molar-refractivity contribution is 5.96. The highest BCUT2D eigenvalue weighted by atomic mass is 16.5. The summed E-state index contributed by atoms with van der Waals surface area (Å²) < 4.78 is 22.9. The molecule has 0 fully saturated rings. The summed E-state index contributed by atoms with van der Waals surface area (Å²) in [6.07, 6.45) is 3.66. The average Bonchev–Trinajstić information content (AvgIpc) is 3.32. The summed E-state index contributed by atoms with van der Waals surface area (Å²) in [4.78, 5) is 13.0. The molecule has 3 aromatic carbocycles. The molecule has 5 heteroatoms. The first kappa shape index (κ1) is 24.1. The predicted octanol–water partition coefficient (Wildman–Crippen LogP) is 6.64. The summed E-state index contributed by atoms with van der Waals surface area (Å²) in [6.45, 7) is 0.889. The van der Waals surface area contributed by atoms with E-state index >= 15 is 0 Å². The van der Waals surface area contributed by atoms with Crippen LogP contribution in [0.1, 0.15) is 40.7 Å². The lowest BCUT2D eigenvalue weighted by molar-refractivity contribution is 0.0981. The third kappa shape index (κ3) is 6.54. The van der Waals surface area contributed by atoms with Crippen LogP contribution in [0.2, 0.25) is 0 Å². The van der Waals surface area contributed by atoms with Crippen molar-refractivity contribution in [2.45, 2.75) is 32.5 Å². The van der Waals surface area contributed by atoms with Gasteiger partial charge < -0.3 is 18.9 Å². The maximum absolute atomic E-state index is 13.0. The summed E-state index contributed by atoms with van der Waals surface area (Å²) in [5.74, 6) is 2.74. The van der Waals surface area contributed by atoms with Gasteiger partial charge in [-0.05, 0) is 41.8 Å². The van der Waals surface area contributed by atoms with Gasteiger partial charge in [-0.1, -0.05) is 66.2 Å². The minimum absolute atomic E-state index is 0.0516. The van der Waals surface area contributed by atoms with E-state index in [0.717, 1.165) is 28.2 Å². The summed E-state index contributed by atoms with van der Waals surface area (Å²) >= 11 is 0. The van der Waals surface area contributed by atoms with E-state index in [1.807, 2.05) is 66.7 Å². The van der Waals surface area contributed by atoms with Crippen LogP contribution in [0.15, 0.2) is 102 Å². The highest BCUT2D eigenvalue weighted by Gasteiger charge is 2.20. The van der Waals surface area contributed by atoms with Gasteiger partial charge in [-0.2, -0.15) is 0 Å². The largest absolute Gasteiger partial charge is 0.493 e. The van der Waals surface area contributed by atoms with Crippen molar-refractivity contribution >= 4 is 5.78 Å². The number of ether oxygens (including phenoxy) is 4. The van der Waals surface area contributed by atoms with Gasteiger partial charge in [0.15, 0.2) is 23.0 Å². The molecule has 1 aliphatic rings. The zero-order chi connectivity index (χ0) is 24.5. The van der Waals surface area contributed by atoms with E-state index in [-0.39, 0.29) is 5.78 Å². The van der Waals surface area contributed by atoms with Gasteiger partial charge in [0, 0.05) is 18.4 Å². The number of ketones is 1. The Morgan fingerprint density at radius 3 is 2.06 bits per heavy atom. The second kappa shape index (κ2) is 11.9. The number of rotatable bonds is 12. The number of Topliss-reactive ketones (excluding diaryl/α,β-unsaturated/α-hetero) is 1. The topological polar surface area (TPSA) is 54.0 Å². The van der Waals surface area contributed by atoms with Crippen molar-refractivity contribution in [3.8, 4) is 11.5 Å². The van der Waals surface area contributed by atoms with E-state index in [1.165, 1.54) is 0 Å². The average molecular weight is 471 g/mol. The molecule has 5 nitrogen and oxygen atoms in total. The van der Waals surface area contributed by atoms with Gasteiger partial charge in [0.1, 0.15) is 19.0 Å². The van der Waals surface area contributed by atoms with Crippen LogP contribution in [0.3, 0.4) is 0 Å². The minimum atomic E-state index is 0.0516. The van der Waals surface area contributed by atoms with Crippen molar-refractivity contribution < 1.29 is 23.7 Å². The smallest absolute Gasteiger partial charge is 0.163 e. The molecule has 1 aliphatic carbocycles. The Balaban J connectivity index is 1.33. The van der Waals surface area contributed by atoms with E-state index < -0.39 is 0 Å². The van der Waals surface area contributed by atoms with Crippen LogP contribution in [-0.4, -0.2) is 20.0 Å². The lowest BCUT2D eigenvalue weighted by Gasteiger charge is -2.12. The second-order valence-electron chi connectivity index (χ2n) is 8.31. The fourth-order valence-electron chi connectivity index (χ4n) is 3.93. The zero-order valence-corrected chi connectivity index (χ0v) is 20.2. The Hall–Kier alpha value is -3.99. The summed E-state index contributed by atoms with van der Waals surface area (Å²) in [5, 5.41) is 0. The normalized spacial score (nSPS) is 12.8. The van der Waals surface area contributed by atoms with Crippen molar-refractivity contribution in [2.24, 2.45) is 0 Å². The van der Waals surface area contributed by atoms with E-state index in [2.05, 4.69) is 0 Å². The first-order chi connectivity index (χ1) is 17.2. The molecular weight excluding hydrogens is 440 g/mol. The van der Waals surface area contributed by atoms with Crippen LogP contribution >= 0.6 is 0 Å². The fourth-order valence-corrected chi connectivity index (χ4v) is 3.93. The number of allylic oxidation sites excluding steroid dienone is 2. The van der Waals surface area contributed by atoms with Crippen LogP contribution in [-0.2, 0) is 22.7 Å². The Kier molecular flexibility index (Phi) is 8.23. The number of benzene rings is 3. The Labute approximate surface area is 206 Å². The van der Waals surface area contributed by atoms with Crippen molar-refractivity contribution in [1.29, 1.82) is 0 Å². The predicted molar refractivity (Wildman–Crippen MR) is 135 cm³/mol. The number of hydrogen-bond acceptors (Lipinski definition) is 5. The van der Waals surface area contributed by atoms with Crippen molar-refractivity contribution in [1.82, 2.24) is 0 Å². The van der Waals surface area contributed by atoms with Gasteiger partial charge >= 0.3 is 0 Å². The van der Waals surface area contributed by atoms with Gasteiger partial charge in [-0.3, -0.25) is 4.79 Å². The number of carbonyl (C=O) groups excluding carboxylic acids is 1. The van der Waals surface area contributed by atoms with E-state index in [0.29, 0.717) is 49.5 Å². The highest BCUT2D eigenvalue weighted by Crippen LogP contribution is 2.32. The molecular formula is C30H30O5. The molecule has 3 aromatic rings. The Morgan fingerprint density at radius 1 is 0.771 bits per heavy atom. The van der Waals surface area contributed by atoms with E-state index in [4.69, 9.17) is 18.9 Å². The van der Waals surface area contributed by atoms with Crippen molar-refractivity contribution in [2.75, 3.05) is 14.2 Å². The molecule has 0 unspecified atom stereocenters. The fraction of sp³-hybridized carbons (Fsp3) is 0.233. The van der Waals surface area contributed by atoms with Crippen LogP contribution < -0.4 is 9.47 Å². The summed E-state index contributed by atoms with van der Waals surface area (Å²) in [6, 6.07) is 25.2. The van der Waals surface area contributed by atoms with Gasteiger partial charge in [0.25, 0.3) is 0 Å². The lowest BCUT2D eigenvalue weighted by atomic mass is 10.0. The van der Waals surface area contributed by atoms with Crippen LogP contribution in [0.5, 0.6) is 11.5 Å². The molecule has 0 aliphatic heterocycles. The number of methoxy groups -OCH3 is 2. The van der Waals surface area contributed by atoms with E-state index in [1.54, 1.807) is 32.4 Å². The molecule has 0 spiro atoms. The molecule has 180 valence electrons. The van der Waals surface area contributed by atoms with E-state index in [9.17, 15) is 4.79 Å². The molecule has 0 N–H and O–H groups in total. The first-order valence-electron chi connectivity index (χ1n) is 11.7. The Morgan fingerprint density at radius 2 is 1.43 bits per heavy atom. The van der Waals surface area contributed by atoms with Crippen molar-refractivity contribution in [3.63, 3.8) is 0 Å². The third-order valence-corrected chi connectivity index (χ3v) is 5.87. The van der Waals surface area contributed by atoms with Gasteiger partial charge in [0.2, 0.25) is 0 Å². The molecule has 0 heterocycles. The second-order valence-corrected chi connectivity index (χ2v) is 8.31. The zero-order valence-electron chi connectivity index (χ0n) is 20.2. The SMILES string of the molecule is COC1=C(OCc2ccccc2)CC(CCC(=O)c2ccc(OC)c(OCc3ccccc3)c2)=C1. The molecule has 35 heavy (non-hydrogen) atoms. The summed E-state index contributed by atoms with van der Waals surface area (Å²) in [5.41, 5.74) is 3.87. The monoisotopic (exact) mass is 470 g/mol. The van der Waals surface area contributed by atoms with Crippen LogP contribution in [0.4, 0.5) is 0 Å². The number of hydrogen-bond donors (Lipinski definition) is 0. The van der Waals surface area contributed by atoms with Gasteiger partial charge in [-0.25, -0.2) is 0 Å². The maximum Gasteiger partial charge on any atom is 0.163 e. The first-order valence-corrected chi connectivity index (χ1v) is 11.7. The Bertz CT molecular complexity index is 1200. The molecule has 4 rings (SSSR count). The van der Waals surface area contributed by atoms with Crippen LogP contribution in [0.25, 0.3) is 0 Å². The summed E-state index contributed by atoms with van der Waals surface area (Å²) in [7, 11) is 3.23.